The van der Waals surface area contributed by atoms with Gasteiger partial charge in [0.1, 0.15) is 0 Å². The maximum atomic E-state index is 5.43. The van der Waals surface area contributed by atoms with E-state index < -0.39 is 0 Å². The van der Waals surface area contributed by atoms with E-state index in [2.05, 4.69) is 6.58 Å². The van der Waals surface area contributed by atoms with E-state index in [1.54, 1.807) is 0 Å². The van der Waals surface area contributed by atoms with Crippen molar-refractivity contribution in [2.45, 2.75) is 12.8 Å². The van der Waals surface area contributed by atoms with E-state index in [1.807, 2.05) is 0 Å². The normalized spacial score (nSPS) is 9.25. The molecule has 0 aromatic heterocycles. The molecule has 0 aromatic carbocycles. The first-order valence-electron chi connectivity index (χ1n) is 2.60. The average molecular weight is 153 g/mol. The highest BCUT2D eigenvalue weighted by Gasteiger charge is 1.89. The van der Waals surface area contributed by atoms with Gasteiger partial charge in [-0.3, -0.25) is 0 Å². The molecule has 0 amide bonds. The lowest BCUT2D eigenvalue weighted by atomic mass is 10.2. The summed E-state index contributed by atoms with van der Waals surface area (Å²) in [6.45, 7) is 3.77. The molecule has 0 unspecified atom stereocenters. The van der Waals surface area contributed by atoms with Crippen molar-refractivity contribution in [3.8, 4) is 0 Å². The van der Waals surface area contributed by atoms with Gasteiger partial charge in [0, 0.05) is 11.8 Å². The van der Waals surface area contributed by atoms with Crippen LogP contribution in [0.5, 0.6) is 0 Å². The van der Waals surface area contributed by atoms with E-state index in [0.717, 1.165) is 18.4 Å². The van der Waals surface area contributed by atoms with Crippen molar-refractivity contribution < 1.29 is 0 Å². The molecule has 8 heavy (non-hydrogen) atoms. The zero-order valence-electron chi connectivity index (χ0n) is 4.79. The van der Waals surface area contributed by atoms with Crippen LogP contribution < -0.4 is 0 Å². The second-order valence-corrected chi connectivity index (χ2v) is 2.38. The molecule has 0 atom stereocenters. The fraction of sp³-hybridized carbons (Fsp3) is 0.667. The largest absolute Gasteiger partial charge is 0.126 e. The van der Waals surface area contributed by atoms with Gasteiger partial charge in [0.25, 0.3) is 0 Å². The highest BCUT2D eigenvalue weighted by atomic mass is 35.5. The minimum Gasteiger partial charge on any atom is -0.126 e. The summed E-state index contributed by atoms with van der Waals surface area (Å²) in [6.07, 6.45) is 1.79. The molecule has 0 heterocycles. The number of hydrogen-bond acceptors (Lipinski definition) is 0. The minimum absolute atomic E-state index is 0.662. The van der Waals surface area contributed by atoms with Crippen LogP contribution in [0, 0.1) is 0 Å². The highest BCUT2D eigenvalue weighted by molar-refractivity contribution is 6.18. The first kappa shape index (κ1) is 8.32. The molecular weight excluding hydrogens is 143 g/mol. The van der Waals surface area contributed by atoms with Crippen LogP contribution in [0.2, 0.25) is 0 Å². The van der Waals surface area contributed by atoms with Crippen LogP contribution in [0.15, 0.2) is 12.2 Å². The fourth-order valence-electron chi connectivity index (χ4n) is 0.392. The number of alkyl halides is 2. The van der Waals surface area contributed by atoms with Crippen molar-refractivity contribution in [2.75, 3.05) is 11.8 Å². The van der Waals surface area contributed by atoms with Crippen LogP contribution in [-0.4, -0.2) is 11.8 Å². The second-order valence-electron chi connectivity index (χ2n) is 1.63. The van der Waals surface area contributed by atoms with E-state index in [1.165, 1.54) is 0 Å². The summed E-state index contributed by atoms with van der Waals surface area (Å²) in [4.78, 5) is 0. The van der Waals surface area contributed by atoms with Crippen molar-refractivity contribution >= 4 is 23.2 Å². The van der Waals surface area contributed by atoms with E-state index >= 15 is 0 Å². The zero-order chi connectivity index (χ0) is 6.41. The molecule has 2 heteroatoms. The molecule has 0 saturated heterocycles. The molecule has 0 fully saturated rings. The molecule has 0 aromatic rings. The van der Waals surface area contributed by atoms with Crippen LogP contribution in [0.1, 0.15) is 12.8 Å². The van der Waals surface area contributed by atoms with E-state index in [-0.39, 0.29) is 0 Å². The van der Waals surface area contributed by atoms with Crippen LogP contribution >= 0.6 is 23.2 Å². The van der Waals surface area contributed by atoms with Crippen LogP contribution in [-0.2, 0) is 0 Å². The Labute approximate surface area is 60.5 Å². The van der Waals surface area contributed by atoms with Crippen LogP contribution in [0.3, 0.4) is 0 Å². The Morgan fingerprint density at radius 1 is 1.12 bits per heavy atom. The van der Waals surface area contributed by atoms with Crippen molar-refractivity contribution in [1.82, 2.24) is 0 Å². The highest BCUT2D eigenvalue weighted by Crippen LogP contribution is 2.05. The Hall–Kier alpha value is 0.320. The lowest BCUT2D eigenvalue weighted by Gasteiger charge is -1.96. The maximum Gasteiger partial charge on any atom is 0.0260 e. The molecule has 0 aliphatic heterocycles. The second kappa shape index (κ2) is 5.46. The summed E-state index contributed by atoms with van der Waals surface area (Å²) >= 11 is 10.9. The standard InChI is InChI=1S/C6H10Cl2/c1-6(2-4-7)3-5-8/h1-5H2. The molecule has 0 spiro atoms. The number of hydrogen-bond donors (Lipinski definition) is 0. The van der Waals surface area contributed by atoms with Gasteiger partial charge in [-0.25, -0.2) is 0 Å². The smallest absolute Gasteiger partial charge is 0.0260 e. The molecule has 0 N–H and O–H groups in total. The predicted octanol–water partition coefficient (Wildman–Crippen LogP) is 2.80. The quantitative estimate of drug-likeness (QED) is 0.430. The molecule has 0 aliphatic carbocycles. The Kier molecular flexibility index (Phi) is 5.67. The van der Waals surface area contributed by atoms with Crippen molar-refractivity contribution in [1.29, 1.82) is 0 Å². The average Bonchev–Trinajstić information content (AvgIpc) is 1.68. The van der Waals surface area contributed by atoms with Crippen molar-refractivity contribution in [3.63, 3.8) is 0 Å². The molecule has 0 nitrogen and oxygen atoms in total. The van der Waals surface area contributed by atoms with E-state index in [0.29, 0.717) is 11.8 Å². The van der Waals surface area contributed by atoms with Gasteiger partial charge in [0.15, 0.2) is 0 Å². The van der Waals surface area contributed by atoms with E-state index in [9.17, 15) is 0 Å². The third kappa shape index (κ3) is 4.48. The molecule has 0 bridgehead atoms. The van der Waals surface area contributed by atoms with Gasteiger partial charge < -0.3 is 0 Å². The summed E-state index contributed by atoms with van der Waals surface area (Å²) in [5.74, 6) is 1.32. The Morgan fingerprint density at radius 2 is 1.50 bits per heavy atom. The summed E-state index contributed by atoms with van der Waals surface area (Å²) in [5, 5.41) is 0. The first-order chi connectivity index (χ1) is 3.81. The molecule has 0 radical (unpaired) electrons. The van der Waals surface area contributed by atoms with Crippen molar-refractivity contribution in [3.05, 3.63) is 12.2 Å². The summed E-state index contributed by atoms with van der Waals surface area (Å²) in [6, 6.07) is 0. The lowest BCUT2D eigenvalue weighted by Crippen LogP contribution is -1.83. The van der Waals surface area contributed by atoms with Gasteiger partial charge >= 0.3 is 0 Å². The third-order valence-electron chi connectivity index (χ3n) is 0.896. The van der Waals surface area contributed by atoms with Crippen LogP contribution in [0.4, 0.5) is 0 Å². The Bertz CT molecular complexity index is 60.9. The number of allylic oxidation sites excluding steroid dienone is 1. The number of rotatable bonds is 4. The maximum absolute atomic E-state index is 5.43. The predicted molar refractivity (Wildman–Crippen MR) is 39.8 cm³/mol. The topological polar surface area (TPSA) is 0 Å². The summed E-state index contributed by atoms with van der Waals surface area (Å²) in [7, 11) is 0. The summed E-state index contributed by atoms with van der Waals surface area (Å²) in [5.41, 5.74) is 1.15. The van der Waals surface area contributed by atoms with Crippen molar-refractivity contribution in [2.24, 2.45) is 0 Å². The van der Waals surface area contributed by atoms with Gasteiger partial charge in [0.2, 0.25) is 0 Å². The van der Waals surface area contributed by atoms with Gasteiger partial charge in [-0.15, -0.1) is 23.2 Å². The zero-order valence-corrected chi connectivity index (χ0v) is 6.30. The third-order valence-corrected chi connectivity index (χ3v) is 1.27. The van der Waals surface area contributed by atoms with Crippen LogP contribution in [0.25, 0.3) is 0 Å². The SMILES string of the molecule is C=C(CCCl)CCCl. The molecule has 48 valence electrons. The Balaban J connectivity index is 3.06. The molecule has 0 aliphatic rings. The lowest BCUT2D eigenvalue weighted by molar-refractivity contribution is 0.997. The Morgan fingerprint density at radius 3 is 1.75 bits per heavy atom. The number of halogens is 2. The summed E-state index contributed by atoms with van der Waals surface area (Å²) < 4.78 is 0. The van der Waals surface area contributed by atoms with Gasteiger partial charge in [-0.2, -0.15) is 0 Å². The monoisotopic (exact) mass is 152 g/mol. The van der Waals surface area contributed by atoms with Gasteiger partial charge in [0.05, 0.1) is 0 Å². The van der Waals surface area contributed by atoms with E-state index in [4.69, 9.17) is 23.2 Å². The molecule has 0 rings (SSSR count). The molecular formula is C6H10Cl2. The van der Waals surface area contributed by atoms with Gasteiger partial charge in [-0.05, 0) is 12.8 Å². The minimum atomic E-state index is 0.662. The molecule has 0 saturated carbocycles. The fourth-order valence-corrected chi connectivity index (χ4v) is 0.927. The van der Waals surface area contributed by atoms with Gasteiger partial charge in [-0.1, -0.05) is 12.2 Å². The first-order valence-corrected chi connectivity index (χ1v) is 3.66.